The van der Waals surface area contributed by atoms with E-state index < -0.39 is 15.1 Å². The summed E-state index contributed by atoms with van der Waals surface area (Å²) in [5.74, 6) is 0. The molecule has 0 aromatic heterocycles. The lowest BCUT2D eigenvalue weighted by molar-refractivity contribution is 0.0808. The van der Waals surface area contributed by atoms with Crippen LogP contribution in [-0.2, 0) is 14.6 Å². The third-order valence-electron chi connectivity index (χ3n) is 3.50. The predicted molar refractivity (Wildman–Crippen MR) is 82.6 cm³/mol. The lowest BCUT2D eigenvalue weighted by Crippen LogP contribution is -2.50. The summed E-state index contributed by atoms with van der Waals surface area (Å²) in [6.07, 6.45) is 1.72. The summed E-state index contributed by atoms with van der Waals surface area (Å²) >= 11 is 3.33. The second kappa shape index (κ2) is 7.02. The van der Waals surface area contributed by atoms with Gasteiger partial charge in [0, 0.05) is 17.1 Å². The van der Waals surface area contributed by atoms with Crippen LogP contribution in [0.1, 0.15) is 19.8 Å². The Labute approximate surface area is 129 Å². The van der Waals surface area contributed by atoms with E-state index in [2.05, 4.69) is 28.2 Å². The highest BCUT2D eigenvalue weighted by molar-refractivity contribution is 9.10. The largest absolute Gasteiger partial charge is 0.380 e. The summed E-state index contributed by atoms with van der Waals surface area (Å²) in [6.45, 7) is 3.77. The van der Waals surface area contributed by atoms with Crippen molar-refractivity contribution in [3.8, 4) is 0 Å². The van der Waals surface area contributed by atoms with E-state index in [0.717, 1.165) is 19.4 Å². The van der Waals surface area contributed by atoms with Gasteiger partial charge in [0.15, 0.2) is 9.84 Å². The smallest absolute Gasteiger partial charge is 0.186 e. The fourth-order valence-electron chi connectivity index (χ4n) is 2.42. The molecule has 112 valence electrons. The first-order valence-corrected chi connectivity index (χ1v) is 9.21. The normalized spacial score (nSPS) is 23.7. The van der Waals surface area contributed by atoms with Crippen LogP contribution in [0.15, 0.2) is 33.6 Å². The molecule has 1 N–H and O–H groups in total. The van der Waals surface area contributed by atoms with Crippen LogP contribution in [-0.4, -0.2) is 39.5 Å². The van der Waals surface area contributed by atoms with Crippen molar-refractivity contribution in [3.05, 3.63) is 28.7 Å². The maximum Gasteiger partial charge on any atom is 0.186 e. The van der Waals surface area contributed by atoms with E-state index in [1.807, 2.05) is 6.07 Å². The van der Waals surface area contributed by atoms with Crippen LogP contribution >= 0.6 is 15.9 Å². The van der Waals surface area contributed by atoms with Crippen LogP contribution in [0.3, 0.4) is 0 Å². The summed E-state index contributed by atoms with van der Waals surface area (Å²) in [4.78, 5) is 0.346. The van der Waals surface area contributed by atoms with E-state index in [1.165, 1.54) is 0 Å². The minimum absolute atomic E-state index is 0.0409. The van der Waals surface area contributed by atoms with Crippen molar-refractivity contribution >= 4 is 25.8 Å². The zero-order chi connectivity index (χ0) is 14.6. The van der Waals surface area contributed by atoms with E-state index in [0.29, 0.717) is 16.0 Å². The zero-order valence-electron chi connectivity index (χ0n) is 11.5. The molecule has 4 nitrogen and oxygen atoms in total. The van der Waals surface area contributed by atoms with E-state index in [4.69, 9.17) is 4.74 Å². The molecule has 1 saturated heterocycles. The van der Waals surface area contributed by atoms with Crippen molar-refractivity contribution in [2.45, 2.75) is 36.0 Å². The van der Waals surface area contributed by atoms with Gasteiger partial charge in [-0.2, -0.15) is 0 Å². The lowest BCUT2D eigenvalue weighted by Gasteiger charge is -2.32. The van der Waals surface area contributed by atoms with Gasteiger partial charge in [0.2, 0.25) is 0 Å². The van der Waals surface area contributed by atoms with Crippen LogP contribution in [0.25, 0.3) is 0 Å². The van der Waals surface area contributed by atoms with Crippen LogP contribution in [0.5, 0.6) is 0 Å². The summed E-state index contributed by atoms with van der Waals surface area (Å²) in [5.41, 5.74) is 0. The standard InChI is InChI=1S/C14H20BrNO3S/c1-2-8-16-12-7-9-19-10-14(12)20(17,18)13-6-4-3-5-11(13)15/h3-6,12,14,16H,2,7-10H2,1H3. The molecule has 0 aliphatic carbocycles. The summed E-state index contributed by atoms with van der Waals surface area (Å²) < 4.78 is 31.7. The molecule has 2 rings (SSSR count). The highest BCUT2D eigenvalue weighted by Crippen LogP contribution is 2.28. The quantitative estimate of drug-likeness (QED) is 0.874. The van der Waals surface area contributed by atoms with Gasteiger partial charge in [0.25, 0.3) is 0 Å². The van der Waals surface area contributed by atoms with E-state index >= 15 is 0 Å². The Balaban J connectivity index is 2.28. The van der Waals surface area contributed by atoms with E-state index in [1.54, 1.807) is 18.2 Å². The molecule has 1 fully saturated rings. The summed E-state index contributed by atoms with van der Waals surface area (Å²) in [5, 5.41) is 2.82. The Morgan fingerprint density at radius 3 is 2.85 bits per heavy atom. The molecular weight excluding hydrogens is 342 g/mol. The molecular formula is C14H20BrNO3S. The second-order valence-electron chi connectivity index (χ2n) is 4.94. The zero-order valence-corrected chi connectivity index (χ0v) is 13.9. The molecule has 0 bridgehead atoms. The Bertz CT molecular complexity index is 547. The monoisotopic (exact) mass is 361 g/mol. The first-order valence-electron chi connectivity index (χ1n) is 6.87. The molecule has 1 aromatic rings. The molecule has 20 heavy (non-hydrogen) atoms. The van der Waals surface area contributed by atoms with Crippen molar-refractivity contribution in [2.75, 3.05) is 19.8 Å². The Kier molecular flexibility index (Phi) is 5.60. The average molecular weight is 362 g/mol. The van der Waals surface area contributed by atoms with Crippen molar-refractivity contribution in [1.29, 1.82) is 0 Å². The van der Waals surface area contributed by atoms with Gasteiger partial charge < -0.3 is 10.1 Å². The molecule has 6 heteroatoms. The number of ether oxygens (including phenoxy) is 1. The van der Waals surface area contributed by atoms with Crippen LogP contribution < -0.4 is 5.32 Å². The van der Waals surface area contributed by atoms with Crippen molar-refractivity contribution in [2.24, 2.45) is 0 Å². The summed E-state index contributed by atoms with van der Waals surface area (Å²) in [7, 11) is -3.41. The maximum atomic E-state index is 12.8. The molecule has 0 saturated carbocycles. The molecule has 1 heterocycles. The van der Waals surface area contributed by atoms with E-state index in [-0.39, 0.29) is 12.6 Å². The number of nitrogens with one attached hydrogen (secondary N) is 1. The first kappa shape index (κ1) is 15.9. The Hall–Kier alpha value is -0.430. The van der Waals surface area contributed by atoms with Crippen molar-refractivity contribution in [3.63, 3.8) is 0 Å². The third-order valence-corrected chi connectivity index (χ3v) is 6.69. The number of hydrogen-bond donors (Lipinski definition) is 1. The van der Waals surface area contributed by atoms with Gasteiger partial charge in [-0.1, -0.05) is 19.1 Å². The minimum Gasteiger partial charge on any atom is -0.380 e. The number of hydrogen-bond acceptors (Lipinski definition) is 4. The number of halogens is 1. The minimum atomic E-state index is -3.41. The molecule has 2 atom stereocenters. The number of benzene rings is 1. The third kappa shape index (κ3) is 3.42. The van der Waals surface area contributed by atoms with Gasteiger partial charge in [0.05, 0.1) is 11.5 Å². The Morgan fingerprint density at radius 1 is 1.40 bits per heavy atom. The second-order valence-corrected chi connectivity index (χ2v) is 7.93. The SMILES string of the molecule is CCCNC1CCOCC1S(=O)(=O)c1ccccc1Br. The fraction of sp³-hybridized carbons (Fsp3) is 0.571. The molecule has 0 amide bonds. The lowest BCUT2D eigenvalue weighted by atomic mass is 10.1. The molecule has 1 aromatic carbocycles. The molecule has 0 radical (unpaired) electrons. The van der Waals surface area contributed by atoms with Gasteiger partial charge >= 0.3 is 0 Å². The molecule has 1 aliphatic heterocycles. The summed E-state index contributed by atoms with van der Waals surface area (Å²) in [6, 6.07) is 6.92. The molecule has 0 spiro atoms. The number of sulfone groups is 1. The van der Waals surface area contributed by atoms with E-state index in [9.17, 15) is 8.42 Å². The van der Waals surface area contributed by atoms with Gasteiger partial charge in [-0.3, -0.25) is 0 Å². The predicted octanol–water partition coefficient (Wildman–Crippen LogP) is 2.38. The van der Waals surface area contributed by atoms with Gasteiger partial charge in [-0.05, 0) is 47.4 Å². The average Bonchev–Trinajstić information content (AvgIpc) is 2.45. The molecule has 2 unspecified atom stereocenters. The highest BCUT2D eigenvalue weighted by atomic mass is 79.9. The van der Waals surface area contributed by atoms with Gasteiger partial charge in [-0.25, -0.2) is 8.42 Å². The first-order chi connectivity index (χ1) is 9.57. The van der Waals surface area contributed by atoms with Gasteiger partial charge in [-0.15, -0.1) is 0 Å². The highest BCUT2D eigenvalue weighted by Gasteiger charge is 2.37. The van der Waals surface area contributed by atoms with Crippen LogP contribution in [0.4, 0.5) is 0 Å². The topological polar surface area (TPSA) is 55.4 Å². The van der Waals surface area contributed by atoms with Crippen molar-refractivity contribution < 1.29 is 13.2 Å². The fourth-order valence-corrected chi connectivity index (χ4v) is 5.26. The van der Waals surface area contributed by atoms with Crippen molar-refractivity contribution in [1.82, 2.24) is 5.32 Å². The molecule has 1 aliphatic rings. The van der Waals surface area contributed by atoms with Gasteiger partial charge in [0.1, 0.15) is 5.25 Å². The van der Waals surface area contributed by atoms with Crippen LogP contribution in [0.2, 0.25) is 0 Å². The van der Waals surface area contributed by atoms with Crippen LogP contribution in [0, 0.1) is 0 Å². The maximum absolute atomic E-state index is 12.8. The number of rotatable bonds is 5. The Morgan fingerprint density at radius 2 is 2.15 bits per heavy atom.